The number of rotatable bonds is 4. The number of ether oxygens (including phenoxy) is 3. The molecular weight excluding hydrogens is 232 g/mol. The van der Waals surface area contributed by atoms with Crippen LogP contribution in [0.4, 0.5) is 0 Å². The van der Waals surface area contributed by atoms with Crippen LogP contribution in [0.5, 0.6) is 0 Å². The molecule has 0 saturated carbocycles. The molecule has 1 aromatic rings. The second-order valence-electron chi connectivity index (χ2n) is 3.90. The predicted octanol–water partition coefficient (Wildman–Crippen LogP) is 2.51. The van der Waals surface area contributed by atoms with Gasteiger partial charge in [0, 0.05) is 6.61 Å². The van der Waals surface area contributed by atoms with Crippen molar-refractivity contribution in [2.75, 3.05) is 6.61 Å². The fraction of sp³-hybridized carbons (Fsp3) is 0.357. The van der Waals surface area contributed by atoms with E-state index in [0.29, 0.717) is 18.6 Å². The minimum absolute atomic E-state index is 0.303. The van der Waals surface area contributed by atoms with Crippen LogP contribution < -0.4 is 0 Å². The Morgan fingerprint density at radius 3 is 2.89 bits per heavy atom. The van der Waals surface area contributed by atoms with E-state index < -0.39 is 0 Å². The molecule has 0 spiro atoms. The summed E-state index contributed by atoms with van der Waals surface area (Å²) in [6.07, 6.45) is 3.11. The fourth-order valence-electron chi connectivity index (χ4n) is 1.70. The van der Waals surface area contributed by atoms with Gasteiger partial charge in [-0.05, 0) is 25.1 Å². The Morgan fingerprint density at radius 2 is 2.17 bits per heavy atom. The van der Waals surface area contributed by atoms with E-state index in [1.165, 1.54) is 6.26 Å². The SMILES string of the molecule is CCO[C@@H]1C[C@H](OC(=O)c2ccccc2)C=CO1. The van der Waals surface area contributed by atoms with Crippen molar-refractivity contribution in [3.05, 3.63) is 48.2 Å². The van der Waals surface area contributed by atoms with E-state index in [2.05, 4.69) is 0 Å². The zero-order chi connectivity index (χ0) is 12.8. The molecule has 0 aromatic heterocycles. The van der Waals surface area contributed by atoms with Gasteiger partial charge in [-0.2, -0.15) is 0 Å². The molecule has 0 radical (unpaired) electrons. The van der Waals surface area contributed by atoms with Crippen LogP contribution in [0.25, 0.3) is 0 Å². The van der Waals surface area contributed by atoms with Gasteiger partial charge in [-0.1, -0.05) is 18.2 Å². The van der Waals surface area contributed by atoms with Crippen molar-refractivity contribution in [2.45, 2.75) is 25.7 Å². The summed E-state index contributed by atoms with van der Waals surface area (Å²) < 4.78 is 15.9. The summed E-state index contributed by atoms with van der Waals surface area (Å²) in [5.74, 6) is -0.331. The summed E-state index contributed by atoms with van der Waals surface area (Å²) in [5.41, 5.74) is 0.547. The molecule has 0 fully saturated rings. The fourth-order valence-corrected chi connectivity index (χ4v) is 1.70. The smallest absolute Gasteiger partial charge is 0.338 e. The molecule has 1 heterocycles. The van der Waals surface area contributed by atoms with Gasteiger partial charge in [0.2, 0.25) is 6.29 Å². The monoisotopic (exact) mass is 248 g/mol. The zero-order valence-electron chi connectivity index (χ0n) is 10.2. The van der Waals surface area contributed by atoms with Gasteiger partial charge in [0.05, 0.1) is 18.2 Å². The molecule has 4 nitrogen and oxygen atoms in total. The molecule has 0 saturated heterocycles. The third-order valence-electron chi connectivity index (χ3n) is 2.57. The van der Waals surface area contributed by atoms with E-state index in [-0.39, 0.29) is 18.4 Å². The average molecular weight is 248 g/mol. The summed E-state index contributed by atoms with van der Waals surface area (Å²) in [7, 11) is 0. The first-order valence-corrected chi connectivity index (χ1v) is 5.99. The lowest BCUT2D eigenvalue weighted by molar-refractivity contribution is -0.128. The third-order valence-corrected chi connectivity index (χ3v) is 2.57. The predicted molar refractivity (Wildman–Crippen MR) is 65.9 cm³/mol. The van der Waals surface area contributed by atoms with Crippen molar-refractivity contribution in [1.29, 1.82) is 0 Å². The van der Waals surface area contributed by atoms with E-state index in [1.807, 2.05) is 13.0 Å². The first-order valence-electron chi connectivity index (χ1n) is 5.99. The van der Waals surface area contributed by atoms with E-state index in [1.54, 1.807) is 30.3 Å². The standard InChI is InChI=1S/C14H16O4/c1-2-16-13-10-12(8-9-17-13)18-14(15)11-6-4-3-5-7-11/h3-9,12-13H,2,10H2,1H3/t12-,13+/m1/s1. The van der Waals surface area contributed by atoms with Gasteiger partial charge in [0.25, 0.3) is 0 Å². The van der Waals surface area contributed by atoms with Crippen LogP contribution in [0, 0.1) is 0 Å². The molecule has 0 amide bonds. The van der Waals surface area contributed by atoms with E-state index in [4.69, 9.17) is 14.2 Å². The highest BCUT2D eigenvalue weighted by Gasteiger charge is 2.22. The second-order valence-corrected chi connectivity index (χ2v) is 3.90. The van der Waals surface area contributed by atoms with Gasteiger partial charge >= 0.3 is 5.97 Å². The van der Waals surface area contributed by atoms with E-state index in [0.717, 1.165) is 0 Å². The molecule has 0 bridgehead atoms. The van der Waals surface area contributed by atoms with Gasteiger partial charge in [0.15, 0.2) is 0 Å². The molecule has 18 heavy (non-hydrogen) atoms. The van der Waals surface area contributed by atoms with Crippen molar-refractivity contribution >= 4 is 5.97 Å². The van der Waals surface area contributed by atoms with Crippen LogP contribution >= 0.6 is 0 Å². The lowest BCUT2D eigenvalue weighted by Crippen LogP contribution is -2.28. The van der Waals surface area contributed by atoms with Gasteiger partial charge in [-0.15, -0.1) is 0 Å². The average Bonchev–Trinajstić information content (AvgIpc) is 2.40. The molecule has 1 aromatic carbocycles. The molecular formula is C14H16O4. The minimum atomic E-state index is -0.339. The molecule has 0 aliphatic carbocycles. The molecule has 2 rings (SSSR count). The number of carbonyl (C=O) groups is 1. The number of hydrogen-bond acceptors (Lipinski definition) is 4. The quantitative estimate of drug-likeness (QED) is 0.768. The Kier molecular flexibility index (Phi) is 4.36. The van der Waals surface area contributed by atoms with Crippen LogP contribution in [0.2, 0.25) is 0 Å². The summed E-state index contributed by atoms with van der Waals surface area (Å²) in [5, 5.41) is 0. The molecule has 0 N–H and O–H groups in total. The Balaban J connectivity index is 1.92. The Morgan fingerprint density at radius 1 is 1.39 bits per heavy atom. The second kappa shape index (κ2) is 6.21. The van der Waals surface area contributed by atoms with Gasteiger partial charge in [-0.25, -0.2) is 4.79 Å². The Bertz CT molecular complexity index is 413. The van der Waals surface area contributed by atoms with Gasteiger partial charge in [0.1, 0.15) is 6.10 Å². The lowest BCUT2D eigenvalue weighted by Gasteiger charge is -2.24. The molecule has 96 valence electrons. The topological polar surface area (TPSA) is 44.8 Å². The summed E-state index contributed by atoms with van der Waals surface area (Å²) in [4.78, 5) is 11.8. The first-order chi connectivity index (χ1) is 8.79. The van der Waals surface area contributed by atoms with Crippen LogP contribution in [-0.2, 0) is 14.2 Å². The van der Waals surface area contributed by atoms with Crippen LogP contribution in [0.15, 0.2) is 42.7 Å². The van der Waals surface area contributed by atoms with Crippen LogP contribution in [0.1, 0.15) is 23.7 Å². The van der Waals surface area contributed by atoms with Crippen molar-refractivity contribution in [3.8, 4) is 0 Å². The Labute approximate surface area is 106 Å². The van der Waals surface area contributed by atoms with E-state index in [9.17, 15) is 4.79 Å². The zero-order valence-corrected chi connectivity index (χ0v) is 10.2. The minimum Gasteiger partial charge on any atom is -0.473 e. The van der Waals surface area contributed by atoms with Crippen LogP contribution in [-0.4, -0.2) is 25.0 Å². The maximum atomic E-state index is 11.8. The van der Waals surface area contributed by atoms with Crippen molar-refractivity contribution in [2.24, 2.45) is 0 Å². The van der Waals surface area contributed by atoms with Gasteiger partial charge in [-0.3, -0.25) is 0 Å². The van der Waals surface area contributed by atoms with Crippen molar-refractivity contribution in [1.82, 2.24) is 0 Å². The number of hydrogen-bond donors (Lipinski definition) is 0. The molecule has 1 aliphatic heterocycles. The molecule has 2 atom stereocenters. The number of benzene rings is 1. The normalized spacial score (nSPS) is 22.3. The van der Waals surface area contributed by atoms with Crippen molar-refractivity contribution < 1.29 is 19.0 Å². The lowest BCUT2D eigenvalue weighted by atomic mass is 10.2. The number of esters is 1. The summed E-state index contributed by atoms with van der Waals surface area (Å²) >= 11 is 0. The molecule has 4 heteroatoms. The Hall–Kier alpha value is -1.81. The van der Waals surface area contributed by atoms with Gasteiger partial charge < -0.3 is 14.2 Å². The van der Waals surface area contributed by atoms with Crippen molar-refractivity contribution in [3.63, 3.8) is 0 Å². The molecule has 0 unspecified atom stereocenters. The highest BCUT2D eigenvalue weighted by atomic mass is 16.7. The summed E-state index contributed by atoms with van der Waals surface area (Å²) in [6, 6.07) is 8.92. The van der Waals surface area contributed by atoms with Crippen LogP contribution in [0.3, 0.4) is 0 Å². The maximum Gasteiger partial charge on any atom is 0.338 e. The summed E-state index contributed by atoms with van der Waals surface area (Å²) in [6.45, 7) is 2.46. The highest BCUT2D eigenvalue weighted by molar-refractivity contribution is 5.89. The third kappa shape index (κ3) is 3.34. The first kappa shape index (κ1) is 12.6. The largest absolute Gasteiger partial charge is 0.473 e. The number of carbonyl (C=O) groups excluding carboxylic acids is 1. The maximum absolute atomic E-state index is 11.8. The highest BCUT2D eigenvalue weighted by Crippen LogP contribution is 2.16. The molecule has 1 aliphatic rings. The van der Waals surface area contributed by atoms with E-state index >= 15 is 0 Å².